The standard InChI is InChI=1S/C17H15N3S/c18-11-13-10-16(12-4-2-1-3-5-12)20-17(13)21-15-8-6-14(19)7-9-15/h1-10,13,17,20H,19H2. The van der Waals surface area contributed by atoms with Crippen LogP contribution in [0.1, 0.15) is 5.56 Å². The summed E-state index contributed by atoms with van der Waals surface area (Å²) in [7, 11) is 0. The summed E-state index contributed by atoms with van der Waals surface area (Å²) in [6, 6.07) is 20.2. The number of thioether (sulfide) groups is 1. The molecule has 0 amide bonds. The number of hydrogen-bond acceptors (Lipinski definition) is 4. The summed E-state index contributed by atoms with van der Waals surface area (Å²) in [6.07, 6.45) is 2.00. The molecule has 0 bridgehead atoms. The summed E-state index contributed by atoms with van der Waals surface area (Å²) < 4.78 is 0. The number of nitrogens with two attached hydrogens (primary N) is 1. The molecule has 1 heterocycles. The van der Waals surface area contributed by atoms with Crippen LogP contribution in [0.4, 0.5) is 5.69 Å². The summed E-state index contributed by atoms with van der Waals surface area (Å²) in [4.78, 5) is 1.10. The van der Waals surface area contributed by atoms with E-state index in [0.717, 1.165) is 21.8 Å². The van der Waals surface area contributed by atoms with Gasteiger partial charge in [-0.3, -0.25) is 0 Å². The fourth-order valence-electron chi connectivity index (χ4n) is 2.26. The van der Waals surface area contributed by atoms with Crippen LogP contribution in [0.5, 0.6) is 0 Å². The molecule has 0 radical (unpaired) electrons. The monoisotopic (exact) mass is 293 g/mol. The van der Waals surface area contributed by atoms with Crippen LogP contribution in [0.3, 0.4) is 0 Å². The fourth-order valence-corrected chi connectivity index (χ4v) is 3.31. The van der Waals surface area contributed by atoms with E-state index in [0.29, 0.717) is 0 Å². The largest absolute Gasteiger partial charge is 0.399 e. The highest BCUT2D eigenvalue weighted by Crippen LogP contribution is 2.34. The van der Waals surface area contributed by atoms with Crippen molar-refractivity contribution >= 4 is 23.1 Å². The Labute approximate surface area is 128 Å². The maximum Gasteiger partial charge on any atom is 0.0965 e. The van der Waals surface area contributed by atoms with E-state index in [2.05, 4.69) is 11.4 Å². The molecule has 0 spiro atoms. The Morgan fingerprint density at radius 3 is 2.43 bits per heavy atom. The van der Waals surface area contributed by atoms with Gasteiger partial charge in [0.15, 0.2) is 0 Å². The first kappa shape index (κ1) is 13.6. The third kappa shape index (κ3) is 3.04. The van der Waals surface area contributed by atoms with Crippen molar-refractivity contribution in [2.45, 2.75) is 10.3 Å². The van der Waals surface area contributed by atoms with Crippen molar-refractivity contribution in [2.24, 2.45) is 5.92 Å². The van der Waals surface area contributed by atoms with Crippen molar-refractivity contribution in [2.75, 3.05) is 5.73 Å². The van der Waals surface area contributed by atoms with Crippen molar-refractivity contribution in [3.05, 3.63) is 66.2 Å². The summed E-state index contributed by atoms with van der Waals surface area (Å²) in [5.41, 5.74) is 8.58. The number of anilines is 1. The predicted octanol–water partition coefficient (Wildman–Crippen LogP) is 3.47. The second-order valence-electron chi connectivity index (χ2n) is 4.85. The third-order valence-corrected chi connectivity index (χ3v) is 4.56. The number of hydrogen-bond donors (Lipinski definition) is 2. The van der Waals surface area contributed by atoms with E-state index < -0.39 is 0 Å². The Balaban J connectivity index is 1.77. The molecule has 2 aromatic rings. The van der Waals surface area contributed by atoms with Crippen LogP contribution in [-0.2, 0) is 0 Å². The topological polar surface area (TPSA) is 61.8 Å². The zero-order chi connectivity index (χ0) is 14.7. The van der Waals surface area contributed by atoms with Gasteiger partial charge >= 0.3 is 0 Å². The zero-order valence-electron chi connectivity index (χ0n) is 11.4. The first-order valence-electron chi connectivity index (χ1n) is 6.72. The molecule has 4 heteroatoms. The molecule has 0 saturated heterocycles. The number of nitrogens with one attached hydrogen (secondary N) is 1. The Bertz CT molecular complexity index is 686. The van der Waals surface area contributed by atoms with Crippen LogP contribution in [0.2, 0.25) is 0 Å². The van der Waals surface area contributed by atoms with E-state index in [1.165, 1.54) is 0 Å². The minimum absolute atomic E-state index is 0.0221. The number of nitriles is 1. The molecule has 2 unspecified atom stereocenters. The maximum absolute atomic E-state index is 9.36. The second-order valence-corrected chi connectivity index (χ2v) is 6.07. The van der Waals surface area contributed by atoms with E-state index in [9.17, 15) is 5.26 Å². The van der Waals surface area contributed by atoms with Gasteiger partial charge in [-0.05, 0) is 35.9 Å². The molecule has 0 aromatic heterocycles. The van der Waals surface area contributed by atoms with E-state index in [1.807, 2.05) is 60.7 Å². The van der Waals surface area contributed by atoms with Gasteiger partial charge in [0.1, 0.15) is 0 Å². The molecule has 21 heavy (non-hydrogen) atoms. The third-order valence-electron chi connectivity index (χ3n) is 3.35. The van der Waals surface area contributed by atoms with Gasteiger partial charge in [0.05, 0.1) is 17.4 Å². The van der Waals surface area contributed by atoms with Gasteiger partial charge in [0.25, 0.3) is 0 Å². The Morgan fingerprint density at radius 2 is 1.76 bits per heavy atom. The minimum Gasteiger partial charge on any atom is -0.399 e. The second kappa shape index (κ2) is 5.94. The molecule has 3 N–H and O–H groups in total. The first-order valence-corrected chi connectivity index (χ1v) is 7.60. The quantitative estimate of drug-likeness (QED) is 0.851. The van der Waals surface area contributed by atoms with Crippen LogP contribution in [-0.4, -0.2) is 5.37 Å². The minimum atomic E-state index is -0.150. The lowest BCUT2D eigenvalue weighted by molar-refractivity contribution is 0.747. The van der Waals surface area contributed by atoms with E-state index in [1.54, 1.807) is 11.8 Å². The fraction of sp³-hybridized carbons (Fsp3) is 0.118. The van der Waals surface area contributed by atoms with E-state index in [4.69, 9.17) is 5.73 Å². The molecule has 0 saturated carbocycles. The average molecular weight is 293 g/mol. The Morgan fingerprint density at radius 1 is 1.05 bits per heavy atom. The van der Waals surface area contributed by atoms with Crippen LogP contribution in [0.25, 0.3) is 5.70 Å². The van der Waals surface area contributed by atoms with Crippen LogP contribution in [0, 0.1) is 17.2 Å². The van der Waals surface area contributed by atoms with Crippen molar-refractivity contribution < 1.29 is 0 Å². The molecular weight excluding hydrogens is 278 g/mol. The van der Waals surface area contributed by atoms with Crippen LogP contribution >= 0.6 is 11.8 Å². The molecule has 1 aliphatic rings. The van der Waals surface area contributed by atoms with E-state index in [-0.39, 0.29) is 11.3 Å². The smallest absolute Gasteiger partial charge is 0.0965 e. The maximum atomic E-state index is 9.36. The molecule has 3 nitrogen and oxygen atoms in total. The highest BCUT2D eigenvalue weighted by atomic mass is 32.2. The van der Waals surface area contributed by atoms with Gasteiger partial charge in [0.2, 0.25) is 0 Å². The molecule has 2 atom stereocenters. The van der Waals surface area contributed by atoms with Crippen molar-refractivity contribution in [3.63, 3.8) is 0 Å². The molecule has 0 aliphatic carbocycles. The molecule has 0 fully saturated rings. The number of nitrogens with zero attached hydrogens (tertiary/aromatic N) is 1. The van der Waals surface area contributed by atoms with Gasteiger partial charge in [-0.1, -0.05) is 42.1 Å². The van der Waals surface area contributed by atoms with Crippen molar-refractivity contribution in [1.82, 2.24) is 5.32 Å². The summed E-state index contributed by atoms with van der Waals surface area (Å²) in [5.74, 6) is -0.150. The number of rotatable bonds is 3. The molecule has 1 aliphatic heterocycles. The van der Waals surface area contributed by atoms with Gasteiger partial charge in [-0.25, -0.2) is 0 Å². The number of benzene rings is 2. The van der Waals surface area contributed by atoms with Gasteiger partial charge < -0.3 is 11.1 Å². The Hall–Kier alpha value is -2.38. The average Bonchev–Trinajstić information content (AvgIpc) is 2.93. The summed E-state index contributed by atoms with van der Waals surface area (Å²) in [5, 5.41) is 12.8. The summed E-state index contributed by atoms with van der Waals surface area (Å²) in [6.45, 7) is 0. The lowest BCUT2D eigenvalue weighted by Crippen LogP contribution is -2.23. The lowest BCUT2D eigenvalue weighted by Gasteiger charge is -2.16. The summed E-state index contributed by atoms with van der Waals surface area (Å²) >= 11 is 1.65. The highest BCUT2D eigenvalue weighted by molar-refractivity contribution is 8.00. The van der Waals surface area contributed by atoms with Crippen LogP contribution < -0.4 is 11.1 Å². The molecule has 104 valence electrons. The normalized spacial score (nSPS) is 20.4. The van der Waals surface area contributed by atoms with Gasteiger partial charge in [-0.15, -0.1) is 0 Å². The predicted molar refractivity (Wildman–Crippen MR) is 87.2 cm³/mol. The zero-order valence-corrected chi connectivity index (χ0v) is 12.2. The molecule has 3 rings (SSSR count). The SMILES string of the molecule is N#CC1C=C(c2ccccc2)NC1Sc1ccc(N)cc1. The van der Waals surface area contributed by atoms with E-state index >= 15 is 0 Å². The highest BCUT2D eigenvalue weighted by Gasteiger charge is 2.28. The molecular formula is C17H15N3S. The lowest BCUT2D eigenvalue weighted by atomic mass is 10.1. The van der Waals surface area contributed by atoms with Gasteiger partial charge in [-0.2, -0.15) is 5.26 Å². The first-order chi connectivity index (χ1) is 10.3. The van der Waals surface area contributed by atoms with Crippen molar-refractivity contribution in [3.8, 4) is 6.07 Å². The van der Waals surface area contributed by atoms with Crippen LogP contribution in [0.15, 0.2) is 65.6 Å². The van der Waals surface area contributed by atoms with Crippen molar-refractivity contribution in [1.29, 1.82) is 5.26 Å². The molecule has 2 aromatic carbocycles. The number of nitrogen functional groups attached to an aromatic ring is 1. The van der Waals surface area contributed by atoms with Gasteiger partial charge in [0, 0.05) is 16.3 Å². The Kier molecular flexibility index (Phi) is 3.85.